The van der Waals surface area contributed by atoms with Gasteiger partial charge in [0, 0.05) is 6.42 Å². The van der Waals surface area contributed by atoms with E-state index >= 15 is 0 Å². The maximum Gasteiger partial charge on any atom is 0.306 e. The summed E-state index contributed by atoms with van der Waals surface area (Å²) in [6.45, 7) is 4.92. The Morgan fingerprint density at radius 1 is 1.33 bits per heavy atom. The van der Waals surface area contributed by atoms with Crippen molar-refractivity contribution in [1.29, 1.82) is 5.26 Å². The van der Waals surface area contributed by atoms with Gasteiger partial charge in [0.25, 0.3) is 5.91 Å². The van der Waals surface area contributed by atoms with Gasteiger partial charge in [-0.25, -0.2) is 0 Å². The molecule has 1 amide bonds. The van der Waals surface area contributed by atoms with Gasteiger partial charge in [-0.2, -0.15) is 5.26 Å². The molecule has 0 aliphatic carbocycles. The van der Waals surface area contributed by atoms with Gasteiger partial charge < -0.3 is 14.8 Å². The quantitative estimate of drug-likeness (QED) is 0.737. The molecular weight excluding hydrogens is 308 g/mol. The number of hydrogen-bond acceptors (Lipinski definition) is 5. The van der Waals surface area contributed by atoms with Crippen LogP contribution >= 0.6 is 0 Å². The fourth-order valence-corrected chi connectivity index (χ4v) is 1.99. The number of amides is 1. The lowest BCUT2D eigenvalue weighted by atomic mass is 9.90. The second kappa shape index (κ2) is 8.92. The average molecular weight is 332 g/mol. The summed E-state index contributed by atoms with van der Waals surface area (Å²) in [7, 11) is 1.57. The van der Waals surface area contributed by atoms with E-state index in [1.165, 1.54) is 0 Å². The maximum atomic E-state index is 11.8. The molecule has 0 aromatic heterocycles. The van der Waals surface area contributed by atoms with E-state index in [9.17, 15) is 9.59 Å². The highest BCUT2D eigenvalue weighted by Crippen LogP contribution is 2.19. The third kappa shape index (κ3) is 5.58. The van der Waals surface area contributed by atoms with E-state index in [0.29, 0.717) is 12.2 Å². The highest BCUT2D eigenvalue weighted by molar-refractivity contribution is 5.81. The Balaban J connectivity index is 2.44. The van der Waals surface area contributed by atoms with Gasteiger partial charge in [0.15, 0.2) is 6.61 Å². The first-order valence-electron chi connectivity index (χ1n) is 7.82. The van der Waals surface area contributed by atoms with Crippen LogP contribution in [0.3, 0.4) is 0 Å². The van der Waals surface area contributed by atoms with Crippen molar-refractivity contribution in [2.75, 3.05) is 13.7 Å². The first-order chi connectivity index (χ1) is 11.3. The number of ether oxygens (including phenoxy) is 2. The summed E-state index contributed by atoms with van der Waals surface area (Å²) in [6, 6.07) is 9.49. The molecule has 6 heteroatoms. The predicted molar refractivity (Wildman–Crippen MR) is 89.3 cm³/mol. The van der Waals surface area contributed by atoms with Gasteiger partial charge in [0.2, 0.25) is 0 Å². The molecule has 130 valence electrons. The number of esters is 1. The molecular formula is C18H24N2O4. The Bertz CT molecular complexity index is 622. The molecule has 0 spiro atoms. The molecule has 0 radical (unpaired) electrons. The zero-order valence-electron chi connectivity index (χ0n) is 14.6. The molecule has 0 saturated carbocycles. The van der Waals surface area contributed by atoms with Crippen molar-refractivity contribution >= 4 is 11.9 Å². The number of nitrogens with one attached hydrogen (secondary N) is 1. The van der Waals surface area contributed by atoms with Crippen molar-refractivity contribution in [3.8, 4) is 11.8 Å². The molecule has 1 atom stereocenters. The van der Waals surface area contributed by atoms with Gasteiger partial charge in [0.1, 0.15) is 11.3 Å². The Morgan fingerprint density at radius 2 is 2.00 bits per heavy atom. The summed E-state index contributed by atoms with van der Waals surface area (Å²) in [5, 5.41) is 11.7. The standard InChI is InChI=1S/C18H24N2O4/c1-13(2)18(3,12-19)20-16(21)11-24-17(22)10-9-14-7-5-6-8-15(14)23-4/h5-8,13H,9-11H2,1-4H3,(H,20,21)/t18-/m0/s1. The van der Waals surface area contributed by atoms with Gasteiger partial charge in [-0.1, -0.05) is 32.0 Å². The molecule has 6 nitrogen and oxygen atoms in total. The first kappa shape index (κ1) is 19.5. The van der Waals surface area contributed by atoms with Crippen LogP contribution in [0.2, 0.25) is 0 Å². The number of nitrogens with zero attached hydrogens (tertiary/aromatic N) is 1. The second-order valence-corrected chi connectivity index (χ2v) is 5.99. The molecule has 1 N–H and O–H groups in total. The maximum absolute atomic E-state index is 11.8. The molecule has 24 heavy (non-hydrogen) atoms. The monoisotopic (exact) mass is 332 g/mol. The fraction of sp³-hybridized carbons (Fsp3) is 0.500. The third-order valence-electron chi connectivity index (χ3n) is 3.94. The molecule has 0 unspecified atom stereocenters. The van der Waals surface area contributed by atoms with Gasteiger partial charge >= 0.3 is 5.97 Å². The molecule has 1 aromatic carbocycles. The minimum Gasteiger partial charge on any atom is -0.496 e. The molecule has 0 saturated heterocycles. The summed E-state index contributed by atoms with van der Waals surface area (Å²) in [4.78, 5) is 23.6. The highest BCUT2D eigenvalue weighted by Gasteiger charge is 2.30. The average Bonchev–Trinajstić information content (AvgIpc) is 2.57. The molecule has 0 fully saturated rings. The normalized spacial score (nSPS) is 12.8. The lowest BCUT2D eigenvalue weighted by molar-refractivity contribution is -0.149. The smallest absolute Gasteiger partial charge is 0.306 e. The number of hydrogen-bond donors (Lipinski definition) is 1. The number of para-hydroxylation sites is 1. The SMILES string of the molecule is COc1ccccc1CCC(=O)OCC(=O)N[C@@](C)(C#N)C(C)C. The Morgan fingerprint density at radius 3 is 2.58 bits per heavy atom. The number of rotatable bonds is 8. The van der Waals surface area contributed by atoms with Crippen molar-refractivity contribution in [3.05, 3.63) is 29.8 Å². The number of carbonyl (C=O) groups excluding carboxylic acids is 2. The van der Waals surface area contributed by atoms with Crippen LogP contribution in [0.4, 0.5) is 0 Å². The Kier molecular flexibility index (Phi) is 7.25. The number of benzene rings is 1. The van der Waals surface area contributed by atoms with Crippen LogP contribution in [0, 0.1) is 17.2 Å². The number of nitriles is 1. The van der Waals surface area contributed by atoms with E-state index in [1.54, 1.807) is 14.0 Å². The van der Waals surface area contributed by atoms with E-state index in [0.717, 1.165) is 5.56 Å². The number of methoxy groups -OCH3 is 1. The Hall–Kier alpha value is -2.55. The molecule has 1 rings (SSSR count). The van der Waals surface area contributed by atoms with Crippen LogP contribution in [0.15, 0.2) is 24.3 Å². The van der Waals surface area contributed by atoms with E-state index in [4.69, 9.17) is 14.7 Å². The van der Waals surface area contributed by atoms with Crippen LogP contribution in [0.25, 0.3) is 0 Å². The van der Waals surface area contributed by atoms with E-state index in [1.807, 2.05) is 38.1 Å². The zero-order chi connectivity index (χ0) is 18.2. The van der Waals surface area contributed by atoms with Gasteiger partial charge in [0.05, 0.1) is 13.2 Å². The first-order valence-corrected chi connectivity index (χ1v) is 7.82. The van der Waals surface area contributed by atoms with Crippen molar-refractivity contribution < 1.29 is 19.1 Å². The van der Waals surface area contributed by atoms with Crippen LogP contribution in [0.5, 0.6) is 5.75 Å². The second-order valence-electron chi connectivity index (χ2n) is 5.99. The number of aryl methyl sites for hydroxylation is 1. The van der Waals surface area contributed by atoms with Gasteiger partial charge in [-0.15, -0.1) is 0 Å². The lowest BCUT2D eigenvalue weighted by Crippen LogP contribution is -2.50. The fourth-order valence-electron chi connectivity index (χ4n) is 1.99. The molecule has 0 aliphatic rings. The van der Waals surface area contributed by atoms with E-state index < -0.39 is 24.0 Å². The van der Waals surface area contributed by atoms with Crippen molar-refractivity contribution in [1.82, 2.24) is 5.32 Å². The zero-order valence-corrected chi connectivity index (χ0v) is 14.6. The predicted octanol–water partition coefficient (Wildman–Crippen LogP) is 2.23. The summed E-state index contributed by atoms with van der Waals surface area (Å²) in [6.07, 6.45) is 0.611. The van der Waals surface area contributed by atoms with Crippen molar-refractivity contribution in [2.45, 2.75) is 39.2 Å². The minimum absolute atomic E-state index is 0.0623. The van der Waals surface area contributed by atoms with E-state index in [2.05, 4.69) is 11.4 Å². The summed E-state index contributed by atoms with van der Waals surface area (Å²) < 4.78 is 10.2. The Labute approximate surface area is 142 Å². The minimum atomic E-state index is -0.985. The molecule has 0 bridgehead atoms. The molecule has 0 aliphatic heterocycles. The van der Waals surface area contributed by atoms with Crippen LogP contribution in [0.1, 0.15) is 32.8 Å². The van der Waals surface area contributed by atoms with Crippen LogP contribution in [-0.2, 0) is 20.7 Å². The lowest BCUT2D eigenvalue weighted by Gasteiger charge is -2.27. The number of carbonyl (C=O) groups is 2. The highest BCUT2D eigenvalue weighted by atomic mass is 16.5. The molecule has 1 aromatic rings. The van der Waals surface area contributed by atoms with Gasteiger partial charge in [-0.3, -0.25) is 9.59 Å². The largest absolute Gasteiger partial charge is 0.496 e. The molecule has 0 heterocycles. The van der Waals surface area contributed by atoms with Crippen LogP contribution in [-0.4, -0.2) is 31.1 Å². The third-order valence-corrected chi connectivity index (χ3v) is 3.94. The summed E-state index contributed by atoms with van der Waals surface area (Å²) in [5.74, 6) is -0.310. The summed E-state index contributed by atoms with van der Waals surface area (Å²) in [5.41, 5.74) is -0.0841. The van der Waals surface area contributed by atoms with Crippen LogP contribution < -0.4 is 10.1 Å². The topological polar surface area (TPSA) is 88.4 Å². The van der Waals surface area contributed by atoms with Crippen molar-refractivity contribution in [3.63, 3.8) is 0 Å². The van der Waals surface area contributed by atoms with E-state index in [-0.39, 0.29) is 12.3 Å². The summed E-state index contributed by atoms with van der Waals surface area (Å²) >= 11 is 0. The van der Waals surface area contributed by atoms with Gasteiger partial charge in [-0.05, 0) is 30.9 Å². The van der Waals surface area contributed by atoms with Crippen molar-refractivity contribution in [2.24, 2.45) is 5.92 Å².